The third-order valence-corrected chi connectivity index (χ3v) is 15.2. The van der Waals surface area contributed by atoms with Crippen molar-refractivity contribution < 1.29 is 0 Å². The molecule has 5 aromatic rings. The van der Waals surface area contributed by atoms with E-state index >= 15 is 0 Å². The van der Waals surface area contributed by atoms with Gasteiger partial charge in [-0.05, 0) is 153 Å². The van der Waals surface area contributed by atoms with Crippen molar-refractivity contribution in [3.8, 4) is 22.3 Å². The predicted octanol–water partition coefficient (Wildman–Crippen LogP) is 12.5. The molecule has 0 heterocycles. The molecule has 1 nitrogen and oxygen atoms in total. The highest BCUT2D eigenvalue weighted by atomic mass is 15.1. The summed E-state index contributed by atoms with van der Waals surface area (Å²) in [4.78, 5) is 2.60. The number of nitrogens with zero attached hydrogens (tertiary/aromatic N) is 1. The van der Waals surface area contributed by atoms with E-state index in [1.165, 1.54) is 89.0 Å². The lowest BCUT2D eigenvalue weighted by atomic mass is 9.27. The van der Waals surface area contributed by atoms with Crippen LogP contribution in [0.5, 0.6) is 0 Å². The van der Waals surface area contributed by atoms with Gasteiger partial charge >= 0.3 is 0 Å². The van der Waals surface area contributed by atoms with E-state index in [4.69, 9.17) is 0 Å². The van der Waals surface area contributed by atoms with Crippen molar-refractivity contribution in [1.29, 1.82) is 0 Å². The zero-order chi connectivity index (χ0) is 32.9. The summed E-state index contributed by atoms with van der Waals surface area (Å²) in [6.45, 7) is 9.83. The average molecular weight is 638 g/mol. The lowest BCUT2D eigenvalue weighted by Crippen LogP contribution is -2.73. The fourth-order valence-electron chi connectivity index (χ4n) is 13.2. The van der Waals surface area contributed by atoms with Gasteiger partial charge in [0.25, 0.3) is 0 Å². The van der Waals surface area contributed by atoms with Gasteiger partial charge in [-0.3, -0.25) is 0 Å². The minimum Gasteiger partial charge on any atom is -0.310 e. The molecule has 0 amide bonds. The second-order valence-corrected chi connectivity index (χ2v) is 18.1. The average Bonchev–Trinajstić information content (AvgIpc) is 3.75. The molecular formula is C48H47N. The van der Waals surface area contributed by atoms with Gasteiger partial charge in [0, 0.05) is 16.8 Å². The lowest BCUT2D eigenvalue weighted by Gasteiger charge is -2.76. The van der Waals surface area contributed by atoms with Gasteiger partial charge in [-0.25, -0.2) is 0 Å². The highest BCUT2D eigenvalue weighted by Gasteiger charge is 2.84. The van der Waals surface area contributed by atoms with Crippen LogP contribution in [0, 0.1) is 29.1 Å². The Balaban J connectivity index is 1.11. The minimum atomic E-state index is 0.0832. The summed E-state index contributed by atoms with van der Waals surface area (Å²) in [5, 5.41) is 0. The summed E-state index contributed by atoms with van der Waals surface area (Å²) >= 11 is 0. The Kier molecular flexibility index (Phi) is 5.49. The van der Waals surface area contributed by atoms with E-state index in [9.17, 15) is 0 Å². The molecule has 0 aromatic heterocycles. The number of fused-ring (bicyclic) bond motifs is 9. The van der Waals surface area contributed by atoms with Crippen molar-refractivity contribution >= 4 is 17.1 Å². The molecule has 0 saturated heterocycles. The van der Waals surface area contributed by atoms with Gasteiger partial charge in [0.2, 0.25) is 0 Å². The minimum absolute atomic E-state index is 0.0832. The second kappa shape index (κ2) is 9.36. The van der Waals surface area contributed by atoms with Gasteiger partial charge < -0.3 is 4.90 Å². The SMILES string of the molecule is CC1(C)CCC(C)(C)c2c(N(c3ccc(-c4ccccc4)cc3)c3ccc4c(c3)-c3ccccc3C43C4CC5CC6CC3C64C5)cccc21. The van der Waals surface area contributed by atoms with Crippen molar-refractivity contribution in [2.45, 2.75) is 82.5 Å². The molecule has 1 heteroatoms. The Morgan fingerprint density at radius 1 is 0.551 bits per heavy atom. The molecule has 244 valence electrons. The van der Waals surface area contributed by atoms with Crippen LogP contribution in [-0.4, -0.2) is 0 Å². The normalized spacial score (nSPS) is 31.3. The maximum absolute atomic E-state index is 2.60. The zero-order valence-corrected chi connectivity index (χ0v) is 29.5. The predicted molar refractivity (Wildman–Crippen MR) is 203 cm³/mol. The molecule has 5 aromatic carbocycles. The van der Waals surface area contributed by atoms with Gasteiger partial charge in [0.15, 0.2) is 0 Å². The summed E-state index contributed by atoms with van der Waals surface area (Å²) < 4.78 is 0. The van der Waals surface area contributed by atoms with Gasteiger partial charge in [-0.2, -0.15) is 0 Å². The van der Waals surface area contributed by atoms with Crippen molar-refractivity contribution in [2.75, 3.05) is 4.90 Å². The maximum atomic E-state index is 2.60. The van der Waals surface area contributed by atoms with Crippen molar-refractivity contribution in [3.63, 3.8) is 0 Å². The standard InChI is InChI=1S/C48H47N/c1-45(2)23-24-46(3,4)44-40(45)15-10-16-41(44)49(34-19-17-32(18-20-34)31-11-6-5-7-12-31)35-21-22-39-37(28-35)36-13-8-9-14-38(36)48(39)42-26-30-25-33-27-43(48)47(33,42)29-30/h5-22,28,30,33,42-43H,23-27,29H2,1-4H3. The maximum Gasteiger partial charge on any atom is 0.0502 e. The van der Waals surface area contributed by atoms with Gasteiger partial charge in [0.05, 0.1) is 5.69 Å². The van der Waals surface area contributed by atoms with Crippen molar-refractivity contribution in [3.05, 3.63) is 138 Å². The van der Waals surface area contributed by atoms with Crippen LogP contribution in [0.25, 0.3) is 22.3 Å². The van der Waals surface area contributed by atoms with Gasteiger partial charge in [-0.1, -0.05) is 113 Å². The fraction of sp³-hybridized carbons (Fsp3) is 0.375. The van der Waals surface area contributed by atoms with Crippen molar-refractivity contribution in [2.24, 2.45) is 29.1 Å². The first-order valence-corrected chi connectivity index (χ1v) is 19.1. The number of anilines is 3. The smallest absolute Gasteiger partial charge is 0.0502 e. The molecule has 49 heavy (non-hydrogen) atoms. The number of rotatable bonds is 4. The Bertz CT molecular complexity index is 2170. The molecule has 0 aliphatic heterocycles. The van der Waals surface area contributed by atoms with E-state index in [2.05, 4.69) is 148 Å². The van der Waals surface area contributed by atoms with Crippen LogP contribution in [0.2, 0.25) is 0 Å². The first-order valence-electron chi connectivity index (χ1n) is 19.1. The number of benzene rings is 5. The molecule has 0 N–H and O–H groups in total. The molecule has 4 saturated carbocycles. The molecule has 6 aliphatic carbocycles. The highest BCUT2D eigenvalue weighted by Crippen LogP contribution is 2.89. The monoisotopic (exact) mass is 637 g/mol. The van der Waals surface area contributed by atoms with Crippen LogP contribution in [0.3, 0.4) is 0 Å². The molecule has 4 fully saturated rings. The van der Waals surface area contributed by atoms with Gasteiger partial charge in [-0.15, -0.1) is 0 Å². The Morgan fingerprint density at radius 2 is 1.22 bits per heavy atom. The molecule has 2 spiro atoms. The molecule has 0 radical (unpaired) electrons. The molecule has 6 atom stereocenters. The Hall–Kier alpha value is -4.10. The second-order valence-electron chi connectivity index (χ2n) is 18.1. The molecule has 6 aliphatic rings. The zero-order valence-electron chi connectivity index (χ0n) is 29.5. The third kappa shape index (κ3) is 3.43. The fourth-order valence-corrected chi connectivity index (χ4v) is 13.2. The van der Waals surface area contributed by atoms with E-state index in [0.717, 1.165) is 23.7 Å². The van der Waals surface area contributed by atoms with Crippen LogP contribution < -0.4 is 4.90 Å². The number of hydrogen-bond donors (Lipinski definition) is 0. The number of hydrogen-bond acceptors (Lipinski definition) is 1. The van der Waals surface area contributed by atoms with E-state index < -0.39 is 0 Å². The first kappa shape index (κ1) is 28.7. The molecule has 6 unspecified atom stereocenters. The summed E-state index contributed by atoms with van der Waals surface area (Å²) in [5.41, 5.74) is 16.8. The highest BCUT2D eigenvalue weighted by molar-refractivity contribution is 5.89. The lowest BCUT2D eigenvalue weighted by molar-refractivity contribution is -0.231. The van der Waals surface area contributed by atoms with Crippen molar-refractivity contribution in [1.82, 2.24) is 0 Å². The third-order valence-electron chi connectivity index (χ3n) is 15.2. The summed E-state index contributed by atoms with van der Waals surface area (Å²) in [6, 6.07) is 44.5. The Labute approximate surface area is 292 Å². The first-order chi connectivity index (χ1) is 23.7. The molecular weight excluding hydrogens is 591 g/mol. The summed E-state index contributed by atoms with van der Waals surface area (Å²) in [5.74, 6) is 3.65. The quantitative estimate of drug-likeness (QED) is 0.189. The van der Waals surface area contributed by atoms with Gasteiger partial charge in [0.1, 0.15) is 0 Å². The van der Waals surface area contributed by atoms with Crippen LogP contribution >= 0.6 is 0 Å². The molecule has 2 bridgehead atoms. The summed E-state index contributed by atoms with van der Waals surface area (Å²) in [7, 11) is 0. The van der Waals surface area contributed by atoms with Crippen LogP contribution in [0.1, 0.15) is 88.5 Å². The molecule has 11 rings (SSSR count). The largest absolute Gasteiger partial charge is 0.310 e. The summed E-state index contributed by atoms with van der Waals surface area (Å²) in [6.07, 6.45) is 8.33. The van der Waals surface area contributed by atoms with E-state index in [-0.39, 0.29) is 16.2 Å². The van der Waals surface area contributed by atoms with Crippen LogP contribution in [0.15, 0.2) is 115 Å². The van der Waals surface area contributed by atoms with E-state index in [0.29, 0.717) is 5.41 Å². The van der Waals surface area contributed by atoms with E-state index in [1.807, 2.05) is 0 Å². The van der Waals surface area contributed by atoms with Crippen LogP contribution in [0.4, 0.5) is 17.1 Å². The Morgan fingerprint density at radius 3 is 2.04 bits per heavy atom. The van der Waals surface area contributed by atoms with Crippen LogP contribution in [-0.2, 0) is 16.2 Å². The topological polar surface area (TPSA) is 3.24 Å². The van der Waals surface area contributed by atoms with E-state index in [1.54, 1.807) is 11.1 Å².